The van der Waals surface area contributed by atoms with Crippen LogP contribution < -0.4 is 10.2 Å². The summed E-state index contributed by atoms with van der Waals surface area (Å²) in [4.78, 5) is 30.0. The lowest BCUT2D eigenvalue weighted by molar-refractivity contribution is -0.205. The molecule has 10 nitrogen and oxygen atoms in total. The van der Waals surface area contributed by atoms with Crippen LogP contribution in [-0.4, -0.2) is 111 Å². The van der Waals surface area contributed by atoms with E-state index >= 15 is 0 Å². The summed E-state index contributed by atoms with van der Waals surface area (Å²) in [5.74, 6) is -0.424. The molecule has 8 atom stereocenters. The van der Waals surface area contributed by atoms with Crippen LogP contribution >= 0.6 is 23.4 Å². The number of nitrogens with zero attached hydrogens (tertiary/aromatic N) is 2. The van der Waals surface area contributed by atoms with Crippen molar-refractivity contribution in [3.63, 3.8) is 0 Å². The van der Waals surface area contributed by atoms with Crippen molar-refractivity contribution >= 4 is 41.1 Å². The lowest BCUT2D eigenvalue weighted by Gasteiger charge is -2.45. The Balaban J connectivity index is 1.85. The van der Waals surface area contributed by atoms with Gasteiger partial charge in [0, 0.05) is 18.8 Å². The summed E-state index contributed by atoms with van der Waals surface area (Å²) in [5, 5.41) is 33.5. The normalized spacial score (nSPS) is 30.4. The maximum Gasteiger partial charge on any atom is 0.410 e. The van der Waals surface area contributed by atoms with Gasteiger partial charge in [0.1, 0.15) is 41.5 Å². The van der Waals surface area contributed by atoms with E-state index in [0.29, 0.717) is 13.1 Å². The van der Waals surface area contributed by atoms with E-state index in [1.54, 1.807) is 34.0 Å². The molecule has 0 spiro atoms. The number of benzene rings is 1. The van der Waals surface area contributed by atoms with Gasteiger partial charge in [0.05, 0.1) is 18.0 Å². The number of hydrogen-bond donors (Lipinski definition) is 4. The molecule has 1 unspecified atom stereocenters. The van der Waals surface area contributed by atoms with Crippen LogP contribution in [-0.2, 0) is 14.3 Å². The number of para-hydroxylation sites is 1. The van der Waals surface area contributed by atoms with Crippen LogP contribution in [0.5, 0.6) is 0 Å². The number of ether oxygens (including phenoxy) is 2. The third-order valence-corrected chi connectivity index (χ3v) is 7.55. The van der Waals surface area contributed by atoms with Crippen molar-refractivity contribution in [1.82, 2.24) is 10.2 Å². The van der Waals surface area contributed by atoms with Crippen molar-refractivity contribution in [2.24, 2.45) is 0 Å². The minimum absolute atomic E-state index is 0.0713. The van der Waals surface area contributed by atoms with E-state index in [1.807, 2.05) is 35.2 Å². The Kier molecular flexibility index (Phi) is 9.98. The van der Waals surface area contributed by atoms with Gasteiger partial charge >= 0.3 is 6.09 Å². The first-order chi connectivity index (χ1) is 17.3. The molecule has 1 aromatic rings. The number of amides is 2. The number of hydrogen-bond acceptors (Lipinski definition) is 9. The maximum atomic E-state index is 13.8. The van der Waals surface area contributed by atoms with Gasteiger partial charge in [0.2, 0.25) is 5.91 Å². The van der Waals surface area contributed by atoms with E-state index in [1.165, 1.54) is 16.7 Å². The number of alkyl halides is 1. The zero-order chi connectivity index (χ0) is 27.5. The lowest BCUT2D eigenvalue weighted by atomic mass is 9.93. The summed E-state index contributed by atoms with van der Waals surface area (Å²) in [6, 6.07) is 7.72. The molecule has 12 heteroatoms. The van der Waals surface area contributed by atoms with Gasteiger partial charge < -0.3 is 39.9 Å². The summed E-state index contributed by atoms with van der Waals surface area (Å²) in [6.07, 6.45) is -4.10. The highest BCUT2D eigenvalue weighted by Crippen LogP contribution is 2.31. The fourth-order valence-corrected chi connectivity index (χ4v) is 5.40. The molecule has 2 fully saturated rings. The number of anilines is 1. The number of piperazine rings is 1. The first-order valence-corrected chi connectivity index (χ1v) is 14.0. The van der Waals surface area contributed by atoms with Crippen molar-refractivity contribution in [3.05, 3.63) is 30.3 Å². The Morgan fingerprint density at radius 1 is 1.14 bits per heavy atom. The fraction of sp³-hybridized carbons (Fsp3) is 0.680. The summed E-state index contributed by atoms with van der Waals surface area (Å²) in [7, 11) is 0. The zero-order valence-electron chi connectivity index (χ0n) is 21.8. The van der Waals surface area contributed by atoms with Crippen LogP contribution in [0.4, 0.5) is 10.5 Å². The summed E-state index contributed by atoms with van der Waals surface area (Å²) >= 11 is 7.63. The molecule has 2 heterocycles. The monoisotopic (exact) mass is 559 g/mol. The first-order valence-electron chi connectivity index (χ1n) is 12.3. The number of nitrogens with one attached hydrogen (secondary N) is 1. The highest BCUT2D eigenvalue weighted by molar-refractivity contribution is 7.99. The van der Waals surface area contributed by atoms with Crippen molar-refractivity contribution < 1.29 is 34.4 Å². The Labute approximate surface area is 227 Å². The summed E-state index contributed by atoms with van der Waals surface area (Å²) in [5.41, 5.74) is -0.675. The molecule has 0 saturated carbocycles. The molecule has 4 N–H and O–H groups in total. The van der Waals surface area contributed by atoms with Crippen LogP contribution in [0.3, 0.4) is 0 Å². The highest BCUT2D eigenvalue weighted by Gasteiger charge is 2.48. The fourth-order valence-electron chi connectivity index (χ4n) is 4.51. The second kappa shape index (κ2) is 12.4. The molecule has 37 heavy (non-hydrogen) atoms. The van der Waals surface area contributed by atoms with Crippen molar-refractivity contribution in [3.8, 4) is 0 Å². The minimum atomic E-state index is -1.47. The average molecular weight is 560 g/mol. The quantitative estimate of drug-likeness (QED) is 0.382. The van der Waals surface area contributed by atoms with E-state index < -0.39 is 64.9 Å². The third-order valence-electron chi connectivity index (χ3n) is 6.42. The number of aliphatic hydroxyl groups excluding tert-OH is 3. The molecule has 1 aromatic carbocycles. The van der Waals surface area contributed by atoms with Gasteiger partial charge in [-0.2, -0.15) is 0 Å². The number of carbonyl (C=O) groups excluding carboxylic acids is 2. The molecule has 0 aromatic heterocycles. The Morgan fingerprint density at radius 3 is 2.35 bits per heavy atom. The lowest BCUT2D eigenvalue weighted by Crippen LogP contribution is -2.67. The SMILES string of the molecule is CS[C@H]1O[C@H]([C@H](NC(=O)C2CN(C(=O)OC(C)(C)C)CCN2c2ccccc2)[C@H](C)Cl)[C@H](O)[C@H](O)[C@H]1O. The molecular formula is C25H38ClN3O7S. The standard InChI is InChI=1S/C25H38ClN3O7S/c1-14(26)17(21-19(31)18(30)20(32)23(35-21)37-5)27-22(33)16-13-28(24(34)36-25(2,3)4)11-12-29(16)15-9-7-6-8-10-15/h6-10,14,16-21,23,30-32H,11-13H2,1-5H3,(H,27,33)/t14-,16?,17+,18-,19+,20+,21+,23+/m0/s1. The second-order valence-corrected chi connectivity index (χ2v) is 12.0. The molecular weight excluding hydrogens is 522 g/mol. The zero-order valence-corrected chi connectivity index (χ0v) is 23.4. The van der Waals surface area contributed by atoms with E-state index in [2.05, 4.69) is 5.32 Å². The van der Waals surface area contributed by atoms with Crippen molar-refractivity contribution in [1.29, 1.82) is 0 Å². The van der Waals surface area contributed by atoms with Gasteiger partial charge in [-0.15, -0.1) is 23.4 Å². The van der Waals surface area contributed by atoms with Crippen LogP contribution in [0.25, 0.3) is 0 Å². The van der Waals surface area contributed by atoms with Gasteiger partial charge in [0.25, 0.3) is 0 Å². The molecule has 2 aliphatic heterocycles. The van der Waals surface area contributed by atoms with Crippen LogP contribution in [0.15, 0.2) is 30.3 Å². The molecule has 3 rings (SSSR count). The predicted molar refractivity (Wildman–Crippen MR) is 143 cm³/mol. The first kappa shape index (κ1) is 29.8. The number of carbonyl (C=O) groups is 2. The number of halogens is 1. The number of aliphatic hydroxyl groups is 3. The summed E-state index contributed by atoms with van der Waals surface area (Å²) < 4.78 is 11.4. The maximum absolute atomic E-state index is 13.8. The van der Waals surface area contributed by atoms with Gasteiger partial charge in [-0.1, -0.05) is 18.2 Å². The molecule has 208 valence electrons. The Bertz CT molecular complexity index is 917. The van der Waals surface area contributed by atoms with Gasteiger partial charge in [-0.3, -0.25) is 4.79 Å². The second-order valence-electron chi connectivity index (χ2n) is 10.4. The van der Waals surface area contributed by atoms with E-state index in [4.69, 9.17) is 21.1 Å². The topological polar surface area (TPSA) is 132 Å². The van der Waals surface area contributed by atoms with Crippen molar-refractivity contribution in [2.45, 2.75) is 80.6 Å². The van der Waals surface area contributed by atoms with Gasteiger partial charge in [-0.25, -0.2) is 4.79 Å². The third kappa shape index (κ3) is 7.21. The minimum Gasteiger partial charge on any atom is -0.444 e. The molecule has 0 bridgehead atoms. The van der Waals surface area contributed by atoms with E-state index in [9.17, 15) is 24.9 Å². The van der Waals surface area contributed by atoms with Crippen LogP contribution in [0.1, 0.15) is 27.7 Å². The predicted octanol–water partition coefficient (Wildman–Crippen LogP) is 1.39. The molecule has 0 radical (unpaired) electrons. The number of thioether (sulfide) groups is 1. The number of rotatable bonds is 6. The van der Waals surface area contributed by atoms with Crippen LogP contribution in [0, 0.1) is 0 Å². The molecule has 0 aliphatic carbocycles. The average Bonchev–Trinajstić information content (AvgIpc) is 2.85. The highest BCUT2D eigenvalue weighted by atomic mass is 35.5. The van der Waals surface area contributed by atoms with E-state index in [-0.39, 0.29) is 6.54 Å². The molecule has 2 saturated heterocycles. The van der Waals surface area contributed by atoms with Crippen molar-refractivity contribution in [2.75, 3.05) is 30.8 Å². The molecule has 2 amide bonds. The molecule has 2 aliphatic rings. The Hall–Kier alpha value is -1.76. The largest absolute Gasteiger partial charge is 0.444 e. The van der Waals surface area contributed by atoms with Crippen LogP contribution in [0.2, 0.25) is 0 Å². The van der Waals surface area contributed by atoms with E-state index in [0.717, 1.165) is 5.69 Å². The smallest absolute Gasteiger partial charge is 0.410 e. The Morgan fingerprint density at radius 2 is 1.78 bits per heavy atom. The van der Waals surface area contributed by atoms with Gasteiger partial charge in [-0.05, 0) is 46.1 Å². The van der Waals surface area contributed by atoms with Gasteiger partial charge in [0.15, 0.2) is 0 Å². The summed E-state index contributed by atoms with van der Waals surface area (Å²) in [6.45, 7) is 7.83.